The number of methoxy groups -OCH3 is 1. The molecule has 0 aromatic carbocycles. The molecule has 0 spiro atoms. The van der Waals surface area contributed by atoms with Crippen molar-refractivity contribution in [1.29, 1.82) is 0 Å². The lowest BCUT2D eigenvalue weighted by Crippen LogP contribution is -2.34. The Hall–Kier alpha value is -0.870. The minimum absolute atomic E-state index is 0.274. The van der Waals surface area contributed by atoms with Gasteiger partial charge in [0.25, 0.3) is 0 Å². The van der Waals surface area contributed by atoms with E-state index in [0.717, 1.165) is 12.4 Å². The molecule has 15 heavy (non-hydrogen) atoms. The van der Waals surface area contributed by atoms with Crippen LogP contribution < -0.4 is 4.90 Å². The molecule has 0 aliphatic rings. The average molecular weight is 230 g/mol. The second-order valence-corrected chi connectivity index (χ2v) is 3.80. The molecule has 0 atom stereocenters. The van der Waals surface area contributed by atoms with E-state index < -0.39 is 0 Å². The predicted octanol–water partition coefficient (Wildman–Crippen LogP) is 1.99. The summed E-state index contributed by atoms with van der Waals surface area (Å²) in [5, 5.41) is 0.274. The van der Waals surface area contributed by atoms with Gasteiger partial charge in [-0.05, 0) is 31.5 Å². The molecular weight excluding hydrogens is 214 g/mol. The van der Waals surface area contributed by atoms with Crippen LogP contribution in [0.4, 0.5) is 5.82 Å². The highest BCUT2D eigenvalue weighted by Crippen LogP contribution is 2.14. The number of anilines is 1. The molecule has 0 saturated heterocycles. The summed E-state index contributed by atoms with van der Waals surface area (Å²) in [7, 11) is 1.69. The number of ether oxygens (including phenoxy) is 1. The molecule has 5 heteroatoms. The zero-order valence-electron chi connectivity index (χ0n) is 9.27. The summed E-state index contributed by atoms with van der Waals surface area (Å²) >= 11 is 5.75. The monoisotopic (exact) mass is 229 g/mol. The van der Waals surface area contributed by atoms with E-state index in [1.165, 1.54) is 0 Å². The fraction of sp³-hybridized carbons (Fsp3) is 0.600. The van der Waals surface area contributed by atoms with Crippen LogP contribution in [0.5, 0.6) is 0 Å². The van der Waals surface area contributed by atoms with Crippen molar-refractivity contribution in [3.8, 4) is 0 Å². The van der Waals surface area contributed by atoms with Gasteiger partial charge in [-0.1, -0.05) is 0 Å². The lowest BCUT2D eigenvalue weighted by molar-refractivity contribution is 0.203. The summed E-state index contributed by atoms with van der Waals surface area (Å²) in [4.78, 5) is 10.2. The third-order valence-corrected chi connectivity index (χ3v) is 2.25. The second-order valence-electron chi connectivity index (χ2n) is 3.46. The Kier molecular flexibility index (Phi) is 4.78. The normalized spacial score (nSPS) is 10.7. The zero-order valence-corrected chi connectivity index (χ0v) is 10.0. The Balaban J connectivity index is 2.79. The maximum Gasteiger partial charge on any atom is 0.224 e. The zero-order chi connectivity index (χ0) is 11.3. The van der Waals surface area contributed by atoms with Gasteiger partial charge in [0.2, 0.25) is 5.28 Å². The van der Waals surface area contributed by atoms with E-state index in [1.807, 2.05) is 6.07 Å². The van der Waals surface area contributed by atoms with Gasteiger partial charge in [0, 0.05) is 25.9 Å². The smallest absolute Gasteiger partial charge is 0.224 e. The average Bonchev–Trinajstić information content (AvgIpc) is 2.18. The van der Waals surface area contributed by atoms with Crippen LogP contribution in [0.15, 0.2) is 12.3 Å². The van der Waals surface area contributed by atoms with Gasteiger partial charge in [0.15, 0.2) is 0 Å². The van der Waals surface area contributed by atoms with E-state index in [9.17, 15) is 0 Å². The van der Waals surface area contributed by atoms with Gasteiger partial charge >= 0.3 is 0 Å². The molecule has 84 valence electrons. The van der Waals surface area contributed by atoms with Crippen LogP contribution in [0.2, 0.25) is 5.28 Å². The Morgan fingerprint density at radius 3 is 2.80 bits per heavy atom. The summed E-state index contributed by atoms with van der Waals surface area (Å²) in [6, 6.07) is 2.20. The summed E-state index contributed by atoms with van der Waals surface area (Å²) < 4.78 is 5.06. The topological polar surface area (TPSA) is 38.2 Å². The molecule has 1 heterocycles. The first-order chi connectivity index (χ1) is 7.15. The van der Waals surface area contributed by atoms with Crippen molar-refractivity contribution in [3.63, 3.8) is 0 Å². The third kappa shape index (κ3) is 3.64. The van der Waals surface area contributed by atoms with Gasteiger partial charge in [-0.2, -0.15) is 0 Å². The molecule has 0 aliphatic carbocycles. The second kappa shape index (κ2) is 5.88. The molecule has 0 fully saturated rings. The fourth-order valence-electron chi connectivity index (χ4n) is 1.31. The van der Waals surface area contributed by atoms with Crippen LogP contribution in [0.25, 0.3) is 0 Å². The lowest BCUT2D eigenvalue weighted by atomic mass is 10.3. The largest absolute Gasteiger partial charge is 0.383 e. The summed E-state index contributed by atoms with van der Waals surface area (Å²) in [5.74, 6) is 0.835. The van der Waals surface area contributed by atoms with Crippen LogP contribution in [-0.2, 0) is 4.74 Å². The number of aromatic nitrogens is 2. The van der Waals surface area contributed by atoms with Gasteiger partial charge in [0.1, 0.15) is 5.82 Å². The molecule has 0 amide bonds. The number of hydrogen-bond acceptors (Lipinski definition) is 4. The molecular formula is C10H16ClN3O. The van der Waals surface area contributed by atoms with Crippen LogP contribution in [0.1, 0.15) is 13.8 Å². The molecule has 0 bridgehead atoms. The fourth-order valence-corrected chi connectivity index (χ4v) is 1.46. The minimum atomic E-state index is 0.274. The van der Waals surface area contributed by atoms with Gasteiger partial charge in [-0.3, -0.25) is 0 Å². The minimum Gasteiger partial charge on any atom is -0.383 e. The number of hydrogen-bond donors (Lipinski definition) is 0. The SMILES string of the molecule is COCCN(c1ccnc(Cl)n1)C(C)C. The van der Waals surface area contributed by atoms with Crippen molar-refractivity contribution < 1.29 is 4.74 Å². The van der Waals surface area contributed by atoms with E-state index >= 15 is 0 Å². The molecule has 0 N–H and O–H groups in total. The Labute approximate surface area is 95.2 Å². The standard InChI is InChI=1S/C10H16ClN3O/c1-8(2)14(6-7-15-3)9-4-5-12-10(11)13-9/h4-5,8H,6-7H2,1-3H3. The highest BCUT2D eigenvalue weighted by atomic mass is 35.5. The highest BCUT2D eigenvalue weighted by Gasteiger charge is 2.11. The number of nitrogens with zero attached hydrogens (tertiary/aromatic N) is 3. The molecule has 0 saturated carbocycles. The maximum absolute atomic E-state index is 5.75. The van der Waals surface area contributed by atoms with Crippen LogP contribution in [0.3, 0.4) is 0 Å². The van der Waals surface area contributed by atoms with Crippen molar-refractivity contribution in [1.82, 2.24) is 9.97 Å². The Morgan fingerprint density at radius 1 is 1.53 bits per heavy atom. The summed E-state index contributed by atoms with van der Waals surface area (Å²) in [5.41, 5.74) is 0. The van der Waals surface area contributed by atoms with Crippen molar-refractivity contribution in [2.45, 2.75) is 19.9 Å². The molecule has 4 nitrogen and oxygen atoms in total. The first-order valence-corrected chi connectivity index (χ1v) is 5.27. The molecule has 1 aromatic heterocycles. The van der Waals surface area contributed by atoms with Crippen LogP contribution in [0, 0.1) is 0 Å². The van der Waals surface area contributed by atoms with E-state index in [-0.39, 0.29) is 5.28 Å². The lowest BCUT2D eigenvalue weighted by Gasteiger charge is -2.27. The van der Waals surface area contributed by atoms with E-state index in [2.05, 4.69) is 28.7 Å². The van der Waals surface area contributed by atoms with Gasteiger partial charge in [0.05, 0.1) is 6.61 Å². The molecule has 0 radical (unpaired) electrons. The van der Waals surface area contributed by atoms with Crippen molar-refractivity contribution in [3.05, 3.63) is 17.5 Å². The van der Waals surface area contributed by atoms with Crippen molar-refractivity contribution in [2.75, 3.05) is 25.2 Å². The molecule has 1 aromatic rings. The van der Waals surface area contributed by atoms with E-state index in [0.29, 0.717) is 12.6 Å². The maximum atomic E-state index is 5.75. The van der Waals surface area contributed by atoms with Crippen molar-refractivity contribution >= 4 is 17.4 Å². The molecule has 0 unspecified atom stereocenters. The molecule has 1 rings (SSSR count). The number of rotatable bonds is 5. The summed E-state index contributed by atoms with van der Waals surface area (Å²) in [6.07, 6.45) is 1.66. The highest BCUT2D eigenvalue weighted by molar-refractivity contribution is 6.28. The molecule has 0 aliphatic heterocycles. The first kappa shape index (κ1) is 12.2. The predicted molar refractivity (Wildman–Crippen MR) is 61.4 cm³/mol. The Bertz CT molecular complexity index is 306. The van der Waals surface area contributed by atoms with Crippen LogP contribution in [-0.4, -0.2) is 36.3 Å². The third-order valence-electron chi connectivity index (χ3n) is 2.07. The first-order valence-electron chi connectivity index (χ1n) is 4.89. The van der Waals surface area contributed by atoms with Gasteiger partial charge in [-0.15, -0.1) is 0 Å². The van der Waals surface area contributed by atoms with Crippen molar-refractivity contribution in [2.24, 2.45) is 0 Å². The van der Waals surface area contributed by atoms with Crippen LogP contribution >= 0.6 is 11.6 Å². The Morgan fingerprint density at radius 2 is 2.27 bits per heavy atom. The van der Waals surface area contributed by atoms with Gasteiger partial charge < -0.3 is 9.64 Å². The summed E-state index contributed by atoms with van der Waals surface area (Å²) in [6.45, 7) is 5.67. The van der Waals surface area contributed by atoms with E-state index in [4.69, 9.17) is 16.3 Å². The quantitative estimate of drug-likeness (QED) is 0.724. The number of halogens is 1. The van der Waals surface area contributed by atoms with Gasteiger partial charge in [-0.25, -0.2) is 9.97 Å². The van der Waals surface area contributed by atoms with E-state index in [1.54, 1.807) is 13.3 Å².